The molecule has 9 heteroatoms. The van der Waals surface area contributed by atoms with E-state index >= 15 is 0 Å². The van der Waals surface area contributed by atoms with Gasteiger partial charge in [-0.1, -0.05) is 36.5 Å². The summed E-state index contributed by atoms with van der Waals surface area (Å²) in [6.45, 7) is 1.65. The molecule has 1 fully saturated rings. The van der Waals surface area contributed by atoms with Crippen LogP contribution in [0.4, 0.5) is 0 Å². The molecule has 160 valence electrons. The zero-order chi connectivity index (χ0) is 21.1. The minimum atomic E-state index is -1.47. The lowest BCUT2D eigenvalue weighted by atomic mass is 9.90. The molecular formula is C20H25Cl2NO5S. The second-order valence-electron chi connectivity index (χ2n) is 7.22. The lowest BCUT2D eigenvalue weighted by Crippen LogP contribution is -2.55. The Balaban J connectivity index is 1.86. The molecule has 1 aromatic heterocycles. The monoisotopic (exact) mass is 461 g/mol. The topological polar surface area (TPSA) is 103 Å². The molecule has 1 aliphatic rings. The van der Waals surface area contributed by atoms with Crippen molar-refractivity contribution in [3.63, 3.8) is 0 Å². The van der Waals surface area contributed by atoms with Gasteiger partial charge in [-0.2, -0.15) is 0 Å². The third kappa shape index (κ3) is 5.11. The van der Waals surface area contributed by atoms with Gasteiger partial charge in [-0.05, 0) is 30.5 Å². The van der Waals surface area contributed by atoms with E-state index < -0.39 is 37.1 Å². The number of aliphatic hydroxyl groups excluding tert-OH is 4. The van der Waals surface area contributed by atoms with Gasteiger partial charge in [0.1, 0.15) is 30.5 Å². The normalized spacial score (nSPS) is 27.3. The number of aliphatic hydroxyl groups is 4. The minimum absolute atomic E-state index is 0.269. The molecule has 29 heavy (non-hydrogen) atoms. The lowest BCUT2D eigenvalue weighted by Gasteiger charge is -2.40. The molecule has 0 unspecified atom stereocenters. The molecule has 1 aromatic carbocycles. The third-order valence-corrected chi connectivity index (χ3v) is 6.82. The first-order chi connectivity index (χ1) is 13.8. The van der Waals surface area contributed by atoms with Crippen LogP contribution < -0.4 is 0 Å². The van der Waals surface area contributed by atoms with Gasteiger partial charge in [0.15, 0.2) is 0 Å². The Kier molecular flexibility index (Phi) is 7.92. The third-order valence-electron chi connectivity index (χ3n) is 5.08. The summed E-state index contributed by atoms with van der Waals surface area (Å²) in [5, 5.41) is 41.6. The molecule has 2 heterocycles. The standard InChI is InChI=1S/C20H25Cl2NO5S/c1-2-3-4-11-8-23-16(29-11)6-10-5-12(14(22)7-13(10)21)20-19(27)18(26)17(25)15(9-24)28-20/h5,7-8,15,17-20,24-27H,2-4,6,9H2,1H3/t15-,17-,18+,19-,20+/m1/s1. The summed E-state index contributed by atoms with van der Waals surface area (Å²) in [6, 6.07) is 3.30. The number of halogens is 2. The number of aromatic nitrogens is 1. The van der Waals surface area contributed by atoms with E-state index in [4.69, 9.17) is 27.9 Å². The highest BCUT2D eigenvalue weighted by molar-refractivity contribution is 7.11. The molecule has 6 nitrogen and oxygen atoms in total. The molecule has 0 spiro atoms. The fourth-order valence-electron chi connectivity index (χ4n) is 3.38. The van der Waals surface area contributed by atoms with Gasteiger partial charge in [-0.25, -0.2) is 4.98 Å². The van der Waals surface area contributed by atoms with Crippen LogP contribution >= 0.6 is 34.5 Å². The van der Waals surface area contributed by atoms with Crippen LogP contribution in [0.3, 0.4) is 0 Å². The molecular weight excluding hydrogens is 437 g/mol. The second kappa shape index (κ2) is 10.0. The van der Waals surface area contributed by atoms with E-state index in [1.165, 1.54) is 4.88 Å². The summed E-state index contributed by atoms with van der Waals surface area (Å²) < 4.78 is 5.64. The molecule has 5 atom stereocenters. The van der Waals surface area contributed by atoms with E-state index in [-0.39, 0.29) is 5.02 Å². The first-order valence-electron chi connectivity index (χ1n) is 9.57. The van der Waals surface area contributed by atoms with Crippen molar-refractivity contribution in [2.24, 2.45) is 0 Å². The molecule has 0 aliphatic carbocycles. The number of hydrogen-bond acceptors (Lipinski definition) is 7. The molecule has 4 N–H and O–H groups in total. The molecule has 2 aromatic rings. The Morgan fingerprint density at radius 2 is 1.86 bits per heavy atom. The van der Waals surface area contributed by atoms with Gasteiger partial charge in [0.05, 0.1) is 11.6 Å². The van der Waals surface area contributed by atoms with Gasteiger partial charge in [0.25, 0.3) is 0 Å². The van der Waals surface area contributed by atoms with Gasteiger partial charge in [-0.15, -0.1) is 11.3 Å². The van der Waals surface area contributed by atoms with Gasteiger partial charge in [0.2, 0.25) is 0 Å². The van der Waals surface area contributed by atoms with E-state index in [1.54, 1.807) is 23.5 Å². The number of rotatable bonds is 7. The maximum absolute atomic E-state index is 10.4. The molecule has 0 amide bonds. The van der Waals surface area contributed by atoms with Crippen molar-refractivity contribution in [2.75, 3.05) is 6.61 Å². The molecule has 0 saturated carbocycles. The quantitative estimate of drug-likeness (QED) is 0.505. The van der Waals surface area contributed by atoms with Crippen LogP contribution in [0.2, 0.25) is 10.0 Å². The highest BCUT2D eigenvalue weighted by Crippen LogP contribution is 2.38. The molecule has 0 bridgehead atoms. The Labute approximate surface area is 183 Å². The number of benzene rings is 1. The van der Waals surface area contributed by atoms with Gasteiger partial charge in [-0.3, -0.25) is 0 Å². The van der Waals surface area contributed by atoms with Gasteiger partial charge in [0, 0.05) is 33.1 Å². The first kappa shape index (κ1) is 22.9. The van der Waals surface area contributed by atoms with Crippen molar-refractivity contribution >= 4 is 34.5 Å². The predicted molar refractivity (Wildman–Crippen MR) is 113 cm³/mol. The van der Waals surface area contributed by atoms with Crippen LogP contribution in [0.25, 0.3) is 0 Å². The Bertz CT molecular complexity index is 831. The number of ether oxygens (including phenoxy) is 1. The lowest BCUT2D eigenvalue weighted by molar-refractivity contribution is -0.231. The van der Waals surface area contributed by atoms with Crippen molar-refractivity contribution in [1.82, 2.24) is 4.98 Å². The second-order valence-corrected chi connectivity index (χ2v) is 9.23. The minimum Gasteiger partial charge on any atom is -0.394 e. The summed E-state index contributed by atoms with van der Waals surface area (Å²) in [6.07, 6.45) is -0.689. The number of thiazole rings is 1. The van der Waals surface area contributed by atoms with Crippen molar-refractivity contribution in [3.8, 4) is 0 Å². The summed E-state index contributed by atoms with van der Waals surface area (Å²) in [5.74, 6) is 0. The number of aryl methyl sites for hydroxylation is 1. The Morgan fingerprint density at radius 1 is 1.10 bits per heavy atom. The smallest absolute Gasteiger partial charge is 0.113 e. The summed E-state index contributed by atoms with van der Waals surface area (Å²) in [7, 11) is 0. The number of unbranched alkanes of at least 4 members (excludes halogenated alkanes) is 1. The van der Waals surface area contributed by atoms with Crippen LogP contribution in [0.5, 0.6) is 0 Å². The van der Waals surface area contributed by atoms with E-state index in [9.17, 15) is 20.4 Å². The van der Waals surface area contributed by atoms with E-state index in [1.807, 2.05) is 6.20 Å². The zero-order valence-corrected chi connectivity index (χ0v) is 18.3. The summed E-state index contributed by atoms with van der Waals surface area (Å²) in [4.78, 5) is 5.70. The van der Waals surface area contributed by atoms with Crippen LogP contribution in [-0.4, -0.2) is 56.4 Å². The largest absolute Gasteiger partial charge is 0.394 e. The number of nitrogens with zero attached hydrogens (tertiary/aromatic N) is 1. The van der Waals surface area contributed by atoms with Gasteiger partial charge >= 0.3 is 0 Å². The van der Waals surface area contributed by atoms with Crippen LogP contribution in [0, 0.1) is 0 Å². The maximum Gasteiger partial charge on any atom is 0.113 e. The maximum atomic E-state index is 10.4. The Hall–Kier alpha value is -0.770. The highest BCUT2D eigenvalue weighted by atomic mass is 35.5. The van der Waals surface area contributed by atoms with Gasteiger partial charge < -0.3 is 25.2 Å². The molecule has 0 radical (unpaired) electrons. The van der Waals surface area contributed by atoms with Crippen molar-refractivity contribution in [1.29, 1.82) is 0 Å². The number of hydrogen-bond donors (Lipinski definition) is 4. The van der Waals surface area contributed by atoms with E-state index in [0.29, 0.717) is 17.0 Å². The van der Waals surface area contributed by atoms with Crippen molar-refractivity contribution in [3.05, 3.63) is 49.4 Å². The first-order valence-corrected chi connectivity index (χ1v) is 11.1. The SMILES string of the molecule is CCCCc1cnc(Cc2cc([C@@H]3O[C@H](CO)[C@@H](O)[C@H](O)[C@H]3O)c(Cl)cc2Cl)s1. The van der Waals surface area contributed by atoms with E-state index in [0.717, 1.165) is 29.8 Å². The average Bonchev–Trinajstić information content (AvgIpc) is 3.15. The molecule has 1 saturated heterocycles. The molecule has 1 aliphatic heterocycles. The zero-order valence-electron chi connectivity index (χ0n) is 16.0. The summed E-state index contributed by atoms with van der Waals surface area (Å²) >= 11 is 14.4. The van der Waals surface area contributed by atoms with Crippen molar-refractivity contribution in [2.45, 2.75) is 63.1 Å². The van der Waals surface area contributed by atoms with Crippen LogP contribution in [0.1, 0.15) is 46.9 Å². The van der Waals surface area contributed by atoms with Crippen molar-refractivity contribution < 1.29 is 25.2 Å². The van der Waals surface area contributed by atoms with Crippen LogP contribution in [-0.2, 0) is 17.6 Å². The fourth-order valence-corrected chi connectivity index (χ4v) is 4.93. The average molecular weight is 462 g/mol. The fraction of sp³-hybridized carbons (Fsp3) is 0.550. The highest BCUT2D eigenvalue weighted by Gasteiger charge is 2.44. The molecule has 3 rings (SSSR count). The Morgan fingerprint density at radius 3 is 2.55 bits per heavy atom. The summed E-state index contributed by atoms with van der Waals surface area (Å²) in [5.41, 5.74) is 1.20. The van der Waals surface area contributed by atoms with E-state index in [2.05, 4.69) is 11.9 Å². The van der Waals surface area contributed by atoms with Crippen LogP contribution in [0.15, 0.2) is 18.3 Å². The predicted octanol–water partition coefficient (Wildman–Crippen LogP) is 2.90.